The van der Waals surface area contributed by atoms with Gasteiger partial charge in [-0.25, -0.2) is 9.37 Å². The molecule has 0 amide bonds. The highest BCUT2D eigenvalue weighted by Gasteiger charge is 2.22. The second kappa shape index (κ2) is 8.21. The van der Waals surface area contributed by atoms with Crippen LogP contribution in [0.15, 0.2) is 36.9 Å². The zero-order valence-corrected chi connectivity index (χ0v) is 13.6. The first kappa shape index (κ1) is 16.9. The maximum atomic E-state index is 12.8. The fraction of sp³-hybridized carbons (Fsp3) is 0.529. The Hall–Kier alpha value is -1.99. The van der Waals surface area contributed by atoms with E-state index in [1.807, 2.05) is 4.68 Å². The van der Waals surface area contributed by atoms with E-state index < -0.39 is 6.10 Å². The minimum atomic E-state index is -0.569. The number of likely N-dealkylation sites (tertiary alicyclic amines) is 1. The molecular weight excluding hydrogens is 311 g/mol. The number of hydrogen-bond donors (Lipinski definition) is 1. The molecule has 1 fully saturated rings. The lowest BCUT2D eigenvalue weighted by molar-refractivity contribution is 0.0494. The van der Waals surface area contributed by atoms with Crippen LogP contribution in [0.25, 0.3) is 0 Å². The highest BCUT2D eigenvalue weighted by Crippen LogP contribution is 2.18. The normalized spacial score (nSPS) is 20.0. The molecule has 7 heteroatoms. The number of ether oxygens (including phenoxy) is 1. The molecule has 1 aromatic carbocycles. The van der Waals surface area contributed by atoms with E-state index in [9.17, 15) is 9.50 Å². The van der Waals surface area contributed by atoms with Crippen LogP contribution < -0.4 is 4.74 Å². The van der Waals surface area contributed by atoms with Crippen molar-refractivity contribution in [1.29, 1.82) is 0 Å². The second-order valence-corrected chi connectivity index (χ2v) is 6.30. The van der Waals surface area contributed by atoms with E-state index in [0.717, 1.165) is 26.1 Å². The van der Waals surface area contributed by atoms with Crippen LogP contribution in [0.5, 0.6) is 5.75 Å². The van der Waals surface area contributed by atoms with Gasteiger partial charge in [0, 0.05) is 19.6 Å². The highest BCUT2D eigenvalue weighted by atomic mass is 19.1. The van der Waals surface area contributed by atoms with Gasteiger partial charge in [0.1, 0.15) is 36.9 Å². The first-order valence-corrected chi connectivity index (χ1v) is 8.30. The van der Waals surface area contributed by atoms with Gasteiger partial charge in [-0.15, -0.1) is 0 Å². The molecule has 6 nitrogen and oxygen atoms in total. The Kier molecular flexibility index (Phi) is 5.77. The van der Waals surface area contributed by atoms with E-state index in [1.165, 1.54) is 18.6 Å². The molecule has 0 bridgehead atoms. The molecule has 2 heterocycles. The Morgan fingerprint density at radius 1 is 1.33 bits per heavy atom. The standard InChI is InChI=1S/C17H23FN4O2/c18-15-3-5-17(6-4-15)24-11-16(23)10-21-7-1-2-14(8-21)9-22-13-19-12-20-22/h3-6,12-14,16,23H,1-2,7-11H2. The van der Waals surface area contributed by atoms with Gasteiger partial charge in [-0.1, -0.05) is 0 Å². The third kappa shape index (κ3) is 5.01. The third-order valence-electron chi connectivity index (χ3n) is 4.24. The summed E-state index contributed by atoms with van der Waals surface area (Å²) in [7, 11) is 0. The maximum absolute atomic E-state index is 12.8. The van der Waals surface area contributed by atoms with Crippen LogP contribution in [-0.4, -0.2) is 57.1 Å². The predicted octanol–water partition coefficient (Wildman–Crippen LogP) is 1.57. The van der Waals surface area contributed by atoms with Crippen molar-refractivity contribution in [2.24, 2.45) is 5.92 Å². The number of aromatic nitrogens is 3. The summed E-state index contributed by atoms with van der Waals surface area (Å²) in [6.07, 6.45) is 5.01. The Labute approximate surface area is 140 Å². The van der Waals surface area contributed by atoms with Crippen molar-refractivity contribution in [3.8, 4) is 5.75 Å². The van der Waals surface area contributed by atoms with Crippen molar-refractivity contribution < 1.29 is 14.2 Å². The fourth-order valence-electron chi connectivity index (χ4n) is 3.13. The van der Waals surface area contributed by atoms with Gasteiger partial charge in [-0.3, -0.25) is 4.68 Å². The summed E-state index contributed by atoms with van der Waals surface area (Å²) in [5.41, 5.74) is 0. The van der Waals surface area contributed by atoms with Crippen molar-refractivity contribution in [2.75, 3.05) is 26.2 Å². The van der Waals surface area contributed by atoms with Gasteiger partial charge in [-0.2, -0.15) is 5.10 Å². The summed E-state index contributed by atoms with van der Waals surface area (Å²) in [4.78, 5) is 6.24. The first-order chi connectivity index (χ1) is 11.7. The lowest BCUT2D eigenvalue weighted by Crippen LogP contribution is -2.42. The van der Waals surface area contributed by atoms with Crippen molar-refractivity contribution in [1.82, 2.24) is 19.7 Å². The van der Waals surface area contributed by atoms with Crippen LogP contribution in [0, 0.1) is 11.7 Å². The lowest BCUT2D eigenvalue weighted by atomic mass is 9.98. The van der Waals surface area contributed by atoms with Crippen molar-refractivity contribution >= 4 is 0 Å². The van der Waals surface area contributed by atoms with Gasteiger partial charge >= 0.3 is 0 Å². The number of benzene rings is 1. The molecule has 1 saturated heterocycles. The van der Waals surface area contributed by atoms with Crippen LogP contribution in [-0.2, 0) is 6.54 Å². The van der Waals surface area contributed by atoms with Crippen molar-refractivity contribution in [3.63, 3.8) is 0 Å². The molecule has 130 valence electrons. The number of nitrogens with zero attached hydrogens (tertiary/aromatic N) is 4. The summed E-state index contributed by atoms with van der Waals surface area (Å²) in [6.45, 7) is 3.57. The monoisotopic (exact) mass is 334 g/mol. The number of piperidine rings is 1. The molecule has 1 aliphatic heterocycles. The summed E-state index contributed by atoms with van der Waals surface area (Å²) in [5, 5.41) is 14.3. The molecule has 1 N–H and O–H groups in total. The average molecular weight is 334 g/mol. The quantitative estimate of drug-likeness (QED) is 0.833. The van der Waals surface area contributed by atoms with Gasteiger partial charge in [0.25, 0.3) is 0 Å². The molecular formula is C17H23FN4O2. The van der Waals surface area contributed by atoms with E-state index in [4.69, 9.17) is 4.74 Å². The van der Waals surface area contributed by atoms with Gasteiger partial charge in [-0.05, 0) is 49.6 Å². The predicted molar refractivity (Wildman–Crippen MR) is 87.1 cm³/mol. The summed E-state index contributed by atoms with van der Waals surface area (Å²) >= 11 is 0. The van der Waals surface area contributed by atoms with Gasteiger partial charge in [0.05, 0.1) is 0 Å². The Morgan fingerprint density at radius 3 is 2.92 bits per heavy atom. The van der Waals surface area contributed by atoms with Crippen molar-refractivity contribution in [3.05, 3.63) is 42.7 Å². The molecule has 0 saturated carbocycles. The van der Waals surface area contributed by atoms with Crippen LogP contribution in [0.2, 0.25) is 0 Å². The number of hydrogen-bond acceptors (Lipinski definition) is 5. The molecule has 0 spiro atoms. The summed E-state index contributed by atoms with van der Waals surface area (Å²) in [6, 6.07) is 5.83. The topological polar surface area (TPSA) is 63.4 Å². The number of aliphatic hydroxyl groups excluding tert-OH is 1. The number of rotatable bonds is 7. The number of β-amino-alcohol motifs (C(OH)–C–C–N with tert-alkyl or cyclic N) is 1. The Balaban J connectivity index is 1.41. The summed E-state index contributed by atoms with van der Waals surface area (Å²) < 4.78 is 20.2. The third-order valence-corrected chi connectivity index (χ3v) is 4.24. The number of halogens is 1. The zero-order chi connectivity index (χ0) is 16.8. The van der Waals surface area contributed by atoms with Crippen LogP contribution >= 0.6 is 0 Å². The smallest absolute Gasteiger partial charge is 0.137 e. The zero-order valence-electron chi connectivity index (χ0n) is 13.6. The molecule has 2 atom stereocenters. The fourth-order valence-corrected chi connectivity index (χ4v) is 3.13. The molecule has 0 aliphatic carbocycles. The Bertz CT molecular complexity index is 606. The number of aliphatic hydroxyl groups is 1. The molecule has 1 aliphatic rings. The lowest BCUT2D eigenvalue weighted by Gasteiger charge is -2.33. The van der Waals surface area contributed by atoms with Crippen molar-refractivity contribution in [2.45, 2.75) is 25.5 Å². The average Bonchev–Trinajstić information content (AvgIpc) is 3.08. The largest absolute Gasteiger partial charge is 0.491 e. The minimum absolute atomic E-state index is 0.204. The van der Waals surface area contributed by atoms with Gasteiger partial charge < -0.3 is 14.7 Å². The molecule has 1 aromatic heterocycles. The van der Waals surface area contributed by atoms with Crippen LogP contribution in [0.3, 0.4) is 0 Å². The highest BCUT2D eigenvalue weighted by molar-refractivity contribution is 5.22. The molecule has 0 radical (unpaired) electrons. The van der Waals surface area contributed by atoms with E-state index >= 15 is 0 Å². The van der Waals surface area contributed by atoms with E-state index in [1.54, 1.807) is 24.8 Å². The SMILES string of the molecule is OC(COc1ccc(F)cc1)CN1CCCC(Cn2cncn2)C1. The van der Waals surface area contributed by atoms with E-state index in [0.29, 0.717) is 18.2 Å². The molecule has 2 unspecified atom stereocenters. The molecule has 24 heavy (non-hydrogen) atoms. The van der Waals surface area contributed by atoms with E-state index in [-0.39, 0.29) is 12.4 Å². The second-order valence-electron chi connectivity index (χ2n) is 6.30. The Morgan fingerprint density at radius 2 is 2.17 bits per heavy atom. The van der Waals surface area contributed by atoms with Crippen LogP contribution in [0.4, 0.5) is 4.39 Å². The van der Waals surface area contributed by atoms with E-state index in [2.05, 4.69) is 15.0 Å². The molecule has 3 rings (SSSR count). The summed E-state index contributed by atoms with van der Waals surface area (Å²) in [5.74, 6) is 0.790. The minimum Gasteiger partial charge on any atom is -0.491 e. The van der Waals surface area contributed by atoms with Gasteiger partial charge in [0.2, 0.25) is 0 Å². The van der Waals surface area contributed by atoms with Gasteiger partial charge in [0.15, 0.2) is 0 Å². The first-order valence-electron chi connectivity index (χ1n) is 8.30. The van der Waals surface area contributed by atoms with Crippen LogP contribution in [0.1, 0.15) is 12.8 Å². The molecule has 2 aromatic rings. The maximum Gasteiger partial charge on any atom is 0.137 e.